The van der Waals surface area contributed by atoms with Crippen LogP contribution in [0.5, 0.6) is 0 Å². The van der Waals surface area contributed by atoms with Gasteiger partial charge in [-0.25, -0.2) is 4.39 Å². The lowest BCUT2D eigenvalue weighted by molar-refractivity contribution is -0.116. The fourth-order valence-electron chi connectivity index (χ4n) is 2.74. The number of hydrogen-bond donors (Lipinski definition) is 1. The number of hydrogen-bond acceptors (Lipinski definition) is 4. The van der Waals surface area contributed by atoms with Crippen molar-refractivity contribution in [2.24, 2.45) is 7.05 Å². The molecule has 1 atom stereocenters. The molecule has 0 fully saturated rings. The Balaban J connectivity index is 2.27. The maximum atomic E-state index is 14.1. The van der Waals surface area contributed by atoms with E-state index < -0.39 is 17.3 Å². The maximum Gasteiger partial charge on any atom is 0.279 e. The second kappa shape index (κ2) is 5.57. The van der Waals surface area contributed by atoms with Gasteiger partial charge in [0.2, 0.25) is 5.91 Å². The Morgan fingerprint density at radius 2 is 2.09 bits per heavy atom. The third kappa shape index (κ3) is 2.31. The summed E-state index contributed by atoms with van der Waals surface area (Å²) in [6.07, 6.45) is 1.83. The first-order valence-electron chi connectivity index (χ1n) is 6.72. The molecule has 0 saturated carbocycles. The second-order valence-electron chi connectivity index (χ2n) is 5.05. The highest BCUT2D eigenvalue weighted by molar-refractivity contribution is 7.98. The summed E-state index contributed by atoms with van der Waals surface area (Å²) in [6, 6.07) is 6.20. The van der Waals surface area contributed by atoms with Crippen molar-refractivity contribution in [3.63, 3.8) is 0 Å². The van der Waals surface area contributed by atoms with Gasteiger partial charge in [-0.3, -0.25) is 9.59 Å². The number of anilines is 1. The fourth-order valence-corrected chi connectivity index (χ4v) is 3.28. The molecule has 1 aliphatic heterocycles. The Morgan fingerprint density at radius 3 is 2.77 bits per heavy atom. The third-order valence-corrected chi connectivity index (χ3v) is 4.49. The van der Waals surface area contributed by atoms with Gasteiger partial charge in [-0.2, -0.15) is 4.98 Å². The molecule has 5 nitrogen and oxygen atoms in total. The number of thioether (sulfide) groups is 1. The first-order chi connectivity index (χ1) is 10.5. The van der Waals surface area contributed by atoms with Crippen LogP contribution in [-0.2, 0) is 11.8 Å². The minimum Gasteiger partial charge on any atom is -0.312 e. The van der Waals surface area contributed by atoms with Crippen LogP contribution in [0, 0.1) is 5.82 Å². The SMILES string of the molecule is CSc1nc(=O)c2c(n1C)NC(=O)C[C@H]2c1ccccc1F. The Hall–Kier alpha value is -2.15. The van der Waals surface area contributed by atoms with Crippen LogP contribution in [0.1, 0.15) is 23.5 Å². The van der Waals surface area contributed by atoms with E-state index in [0.717, 1.165) is 0 Å². The van der Waals surface area contributed by atoms with E-state index in [2.05, 4.69) is 10.3 Å². The Morgan fingerprint density at radius 1 is 1.36 bits per heavy atom. The lowest BCUT2D eigenvalue weighted by Crippen LogP contribution is -2.33. The number of fused-ring (bicyclic) bond motifs is 1. The number of nitrogens with zero attached hydrogens (tertiary/aromatic N) is 2. The number of halogens is 1. The average Bonchev–Trinajstić information content (AvgIpc) is 2.50. The van der Waals surface area contributed by atoms with Crippen LogP contribution in [0.3, 0.4) is 0 Å². The van der Waals surface area contributed by atoms with E-state index >= 15 is 0 Å². The summed E-state index contributed by atoms with van der Waals surface area (Å²) in [6.45, 7) is 0. The highest BCUT2D eigenvalue weighted by Gasteiger charge is 2.33. The number of aromatic nitrogens is 2. The van der Waals surface area contributed by atoms with Gasteiger partial charge < -0.3 is 9.88 Å². The van der Waals surface area contributed by atoms with Crippen molar-refractivity contribution in [3.8, 4) is 0 Å². The van der Waals surface area contributed by atoms with Crippen LogP contribution < -0.4 is 10.9 Å². The number of nitrogens with one attached hydrogen (secondary N) is 1. The van der Waals surface area contributed by atoms with Crippen LogP contribution >= 0.6 is 11.8 Å². The van der Waals surface area contributed by atoms with Crippen molar-refractivity contribution >= 4 is 23.5 Å². The molecule has 0 unspecified atom stereocenters. The van der Waals surface area contributed by atoms with Crippen LogP contribution in [0.2, 0.25) is 0 Å². The van der Waals surface area contributed by atoms with E-state index in [-0.39, 0.29) is 12.3 Å². The largest absolute Gasteiger partial charge is 0.312 e. The Kier molecular flexibility index (Phi) is 3.74. The lowest BCUT2D eigenvalue weighted by atomic mass is 9.86. The summed E-state index contributed by atoms with van der Waals surface area (Å²) in [4.78, 5) is 28.4. The predicted molar refractivity (Wildman–Crippen MR) is 82.7 cm³/mol. The minimum atomic E-state index is -0.618. The molecule has 7 heteroatoms. The standard InChI is InChI=1S/C15H14FN3O2S/c1-19-13-12(14(21)18-15(19)22-2)9(7-11(20)17-13)8-5-3-4-6-10(8)16/h3-6,9H,7H2,1-2H3,(H,17,20)/t9-/m0/s1. The molecular weight excluding hydrogens is 305 g/mol. The van der Waals surface area contributed by atoms with Crippen molar-refractivity contribution in [2.45, 2.75) is 17.5 Å². The highest BCUT2D eigenvalue weighted by Crippen LogP contribution is 2.36. The van der Waals surface area contributed by atoms with Crippen molar-refractivity contribution in [1.82, 2.24) is 9.55 Å². The normalized spacial score (nSPS) is 17.0. The van der Waals surface area contributed by atoms with Crippen LogP contribution in [0.4, 0.5) is 10.2 Å². The summed E-state index contributed by atoms with van der Waals surface area (Å²) < 4.78 is 15.8. The minimum absolute atomic E-state index is 0.0312. The maximum absolute atomic E-state index is 14.1. The molecule has 1 N–H and O–H groups in total. The van der Waals surface area contributed by atoms with E-state index in [4.69, 9.17) is 0 Å². The van der Waals surface area contributed by atoms with E-state index in [1.165, 1.54) is 17.8 Å². The van der Waals surface area contributed by atoms with Gasteiger partial charge in [-0.05, 0) is 17.9 Å². The van der Waals surface area contributed by atoms with Crippen molar-refractivity contribution < 1.29 is 9.18 Å². The van der Waals surface area contributed by atoms with Crippen LogP contribution in [0.25, 0.3) is 0 Å². The number of rotatable bonds is 2. The molecule has 0 radical (unpaired) electrons. The third-order valence-electron chi connectivity index (χ3n) is 3.76. The van der Waals surface area contributed by atoms with Crippen molar-refractivity contribution in [2.75, 3.05) is 11.6 Å². The summed E-state index contributed by atoms with van der Waals surface area (Å²) >= 11 is 1.31. The van der Waals surface area contributed by atoms with E-state index in [0.29, 0.717) is 22.1 Å². The quantitative estimate of drug-likeness (QED) is 0.680. The van der Waals surface area contributed by atoms with E-state index in [9.17, 15) is 14.0 Å². The number of amides is 1. The van der Waals surface area contributed by atoms with Crippen molar-refractivity contribution in [3.05, 3.63) is 51.6 Å². The molecule has 1 amide bonds. The summed E-state index contributed by atoms with van der Waals surface area (Å²) in [5.74, 6) is -0.890. The van der Waals surface area contributed by atoms with Gasteiger partial charge in [-0.15, -0.1) is 0 Å². The topological polar surface area (TPSA) is 64.0 Å². The average molecular weight is 319 g/mol. The number of carbonyl (C=O) groups excluding carboxylic acids is 1. The van der Waals surface area contributed by atoms with Crippen LogP contribution in [-0.4, -0.2) is 21.7 Å². The molecule has 1 aromatic heterocycles. The van der Waals surface area contributed by atoms with Gasteiger partial charge in [0.15, 0.2) is 5.16 Å². The molecule has 22 heavy (non-hydrogen) atoms. The molecule has 2 aromatic rings. The van der Waals surface area contributed by atoms with Crippen molar-refractivity contribution in [1.29, 1.82) is 0 Å². The lowest BCUT2D eigenvalue weighted by Gasteiger charge is -2.27. The Bertz CT molecular complexity index is 819. The molecular formula is C15H14FN3O2S. The summed E-state index contributed by atoms with van der Waals surface area (Å²) in [5.41, 5.74) is 0.255. The second-order valence-corrected chi connectivity index (χ2v) is 5.82. The molecule has 1 aromatic carbocycles. The molecule has 2 heterocycles. The van der Waals surface area contributed by atoms with E-state index in [1.54, 1.807) is 36.1 Å². The van der Waals surface area contributed by atoms with Gasteiger partial charge in [0.1, 0.15) is 11.6 Å². The molecule has 0 bridgehead atoms. The fraction of sp³-hybridized carbons (Fsp3) is 0.267. The highest BCUT2D eigenvalue weighted by atomic mass is 32.2. The molecule has 0 spiro atoms. The first kappa shape index (κ1) is 14.8. The Labute approximate surface area is 130 Å². The van der Waals surface area contributed by atoms with Gasteiger partial charge in [0.05, 0.1) is 5.56 Å². The number of benzene rings is 1. The predicted octanol–water partition coefficient (Wildman–Crippen LogP) is 2.12. The summed E-state index contributed by atoms with van der Waals surface area (Å²) in [5, 5.41) is 3.21. The van der Waals surface area contributed by atoms with Crippen LogP contribution in [0.15, 0.2) is 34.2 Å². The van der Waals surface area contributed by atoms with Gasteiger partial charge in [-0.1, -0.05) is 30.0 Å². The molecule has 114 valence electrons. The summed E-state index contributed by atoms with van der Waals surface area (Å²) in [7, 11) is 1.72. The first-order valence-corrected chi connectivity index (χ1v) is 7.94. The van der Waals surface area contributed by atoms with E-state index in [1.807, 2.05) is 0 Å². The monoisotopic (exact) mass is 319 g/mol. The zero-order chi connectivity index (χ0) is 15.9. The van der Waals surface area contributed by atoms with Gasteiger partial charge in [0.25, 0.3) is 5.56 Å². The number of carbonyl (C=O) groups is 1. The van der Waals surface area contributed by atoms with Gasteiger partial charge in [0, 0.05) is 19.4 Å². The molecule has 1 aliphatic rings. The van der Waals surface area contributed by atoms with Gasteiger partial charge >= 0.3 is 0 Å². The molecule has 0 aliphatic carbocycles. The molecule has 0 saturated heterocycles. The zero-order valence-corrected chi connectivity index (χ0v) is 12.9. The smallest absolute Gasteiger partial charge is 0.279 e. The zero-order valence-electron chi connectivity index (χ0n) is 12.1. The molecule has 3 rings (SSSR count).